The van der Waals surface area contributed by atoms with E-state index < -0.39 is 15.9 Å². The van der Waals surface area contributed by atoms with Gasteiger partial charge in [0.05, 0.1) is 25.1 Å². The summed E-state index contributed by atoms with van der Waals surface area (Å²) in [5.41, 5.74) is 4.42. The van der Waals surface area contributed by atoms with Crippen LogP contribution in [0.3, 0.4) is 0 Å². The van der Waals surface area contributed by atoms with Crippen molar-refractivity contribution in [3.8, 4) is 11.5 Å². The average Bonchev–Trinajstić information content (AvgIpc) is 2.86. The standard InChI is InChI=1S/C29H36N2O5S/c1-20(2)26-17-27(21(3)16-28(26)35-5)22(4)30-29(32)18-31(37(6,33)34)24-12-14-25(15-13-24)36-19-23-10-8-7-9-11-23/h7-17,20,22H,18-19H2,1-6H3,(H,30,32)/t22-/m1/s1. The van der Waals surface area contributed by atoms with Crippen molar-refractivity contribution in [2.75, 3.05) is 24.2 Å². The van der Waals surface area contributed by atoms with Crippen LogP contribution >= 0.6 is 0 Å². The van der Waals surface area contributed by atoms with Crippen LogP contribution in [-0.2, 0) is 21.4 Å². The second kappa shape index (κ2) is 12.1. The summed E-state index contributed by atoms with van der Waals surface area (Å²) < 4.78 is 37.5. The van der Waals surface area contributed by atoms with Crippen LogP contribution in [0.4, 0.5) is 5.69 Å². The maximum absolute atomic E-state index is 13.0. The summed E-state index contributed by atoms with van der Waals surface area (Å²) in [6.45, 7) is 8.10. The van der Waals surface area contributed by atoms with E-state index in [1.807, 2.05) is 56.3 Å². The van der Waals surface area contributed by atoms with Crippen LogP contribution in [0, 0.1) is 6.92 Å². The number of rotatable bonds is 11. The van der Waals surface area contributed by atoms with Crippen LogP contribution in [0.2, 0.25) is 0 Å². The van der Waals surface area contributed by atoms with Crippen molar-refractivity contribution in [1.82, 2.24) is 5.32 Å². The molecule has 8 heteroatoms. The van der Waals surface area contributed by atoms with E-state index in [1.54, 1.807) is 31.4 Å². The molecule has 0 spiro atoms. The van der Waals surface area contributed by atoms with Gasteiger partial charge >= 0.3 is 0 Å². The number of amides is 1. The lowest BCUT2D eigenvalue weighted by Gasteiger charge is -2.25. The molecule has 0 aromatic heterocycles. The van der Waals surface area contributed by atoms with Gasteiger partial charge in [0.25, 0.3) is 0 Å². The van der Waals surface area contributed by atoms with Gasteiger partial charge in [0.2, 0.25) is 15.9 Å². The zero-order valence-corrected chi connectivity index (χ0v) is 23.1. The van der Waals surface area contributed by atoms with Gasteiger partial charge in [0.15, 0.2) is 0 Å². The van der Waals surface area contributed by atoms with Crippen LogP contribution in [0.25, 0.3) is 0 Å². The average molecular weight is 525 g/mol. The smallest absolute Gasteiger partial charge is 0.241 e. The zero-order chi connectivity index (χ0) is 27.2. The lowest BCUT2D eigenvalue weighted by molar-refractivity contribution is -0.120. The molecule has 0 aliphatic carbocycles. The molecule has 37 heavy (non-hydrogen) atoms. The van der Waals surface area contributed by atoms with Crippen molar-refractivity contribution in [3.05, 3.63) is 89.0 Å². The number of carbonyl (C=O) groups is 1. The van der Waals surface area contributed by atoms with Crippen LogP contribution < -0.4 is 19.1 Å². The zero-order valence-electron chi connectivity index (χ0n) is 22.3. The number of benzene rings is 3. The van der Waals surface area contributed by atoms with Gasteiger partial charge in [0, 0.05) is 0 Å². The number of anilines is 1. The Bertz CT molecular complexity index is 1310. The molecule has 1 atom stereocenters. The van der Waals surface area contributed by atoms with E-state index in [1.165, 1.54) is 0 Å². The van der Waals surface area contributed by atoms with Gasteiger partial charge in [-0.1, -0.05) is 44.2 Å². The first-order valence-corrected chi connectivity index (χ1v) is 14.1. The minimum absolute atomic E-state index is 0.248. The number of carbonyl (C=O) groups excluding carboxylic acids is 1. The Morgan fingerprint density at radius 1 is 0.973 bits per heavy atom. The summed E-state index contributed by atoms with van der Waals surface area (Å²) >= 11 is 0. The fourth-order valence-electron chi connectivity index (χ4n) is 4.16. The number of hydrogen-bond acceptors (Lipinski definition) is 5. The van der Waals surface area contributed by atoms with E-state index in [4.69, 9.17) is 9.47 Å². The first-order valence-electron chi connectivity index (χ1n) is 12.2. The molecule has 1 amide bonds. The van der Waals surface area contributed by atoms with Gasteiger partial charge < -0.3 is 14.8 Å². The number of aryl methyl sites for hydroxylation is 1. The normalized spacial score (nSPS) is 12.2. The number of nitrogens with one attached hydrogen (secondary N) is 1. The van der Waals surface area contributed by atoms with Gasteiger partial charge in [-0.2, -0.15) is 0 Å². The van der Waals surface area contributed by atoms with E-state index in [-0.39, 0.29) is 18.5 Å². The number of ether oxygens (including phenoxy) is 2. The number of methoxy groups -OCH3 is 1. The van der Waals surface area contributed by atoms with Crippen molar-refractivity contribution in [3.63, 3.8) is 0 Å². The van der Waals surface area contributed by atoms with Gasteiger partial charge in [-0.3, -0.25) is 9.10 Å². The number of hydrogen-bond donors (Lipinski definition) is 1. The molecule has 3 rings (SSSR count). The largest absolute Gasteiger partial charge is 0.496 e. The molecule has 1 N–H and O–H groups in total. The molecular weight excluding hydrogens is 488 g/mol. The molecule has 0 unspecified atom stereocenters. The molecule has 0 aliphatic heterocycles. The fraction of sp³-hybridized carbons (Fsp3) is 0.345. The van der Waals surface area contributed by atoms with E-state index in [0.29, 0.717) is 18.0 Å². The summed E-state index contributed by atoms with van der Waals surface area (Å²) in [6.07, 6.45) is 1.09. The molecule has 3 aromatic rings. The van der Waals surface area contributed by atoms with Crippen LogP contribution in [0.1, 0.15) is 55.0 Å². The highest BCUT2D eigenvalue weighted by molar-refractivity contribution is 7.92. The Balaban J connectivity index is 1.71. The lowest BCUT2D eigenvalue weighted by atomic mass is 9.93. The molecule has 3 aromatic carbocycles. The van der Waals surface area contributed by atoms with Crippen LogP contribution in [0.15, 0.2) is 66.7 Å². The van der Waals surface area contributed by atoms with Gasteiger partial charge in [-0.25, -0.2) is 8.42 Å². The van der Waals surface area contributed by atoms with E-state index in [0.717, 1.165) is 38.6 Å². The highest BCUT2D eigenvalue weighted by Crippen LogP contribution is 2.32. The van der Waals surface area contributed by atoms with Crippen molar-refractivity contribution in [2.45, 2.75) is 46.3 Å². The predicted molar refractivity (Wildman–Crippen MR) is 148 cm³/mol. The maximum atomic E-state index is 13.0. The highest BCUT2D eigenvalue weighted by atomic mass is 32.2. The van der Waals surface area contributed by atoms with E-state index in [2.05, 4.69) is 19.2 Å². The minimum Gasteiger partial charge on any atom is -0.496 e. The Labute approximate surface area is 220 Å². The summed E-state index contributed by atoms with van der Waals surface area (Å²) in [6, 6.07) is 20.1. The monoisotopic (exact) mass is 524 g/mol. The number of sulfonamides is 1. The van der Waals surface area contributed by atoms with Crippen LogP contribution in [-0.4, -0.2) is 34.2 Å². The summed E-state index contributed by atoms with van der Waals surface area (Å²) in [4.78, 5) is 13.0. The molecule has 198 valence electrons. The molecule has 7 nitrogen and oxygen atoms in total. The van der Waals surface area contributed by atoms with Crippen LogP contribution in [0.5, 0.6) is 11.5 Å². The Morgan fingerprint density at radius 3 is 2.19 bits per heavy atom. The van der Waals surface area contributed by atoms with Crippen molar-refractivity contribution in [1.29, 1.82) is 0 Å². The van der Waals surface area contributed by atoms with Crippen molar-refractivity contribution < 1.29 is 22.7 Å². The number of nitrogens with zero attached hydrogens (tertiary/aromatic N) is 1. The molecule has 0 bridgehead atoms. The summed E-state index contributed by atoms with van der Waals surface area (Å²) in [7, 11) is -2.06. The Hall–Kier alpha value is -3.52. The van der Waals surface area contributed by atoms with E-state index >= 15 is 0 Å². The first-order chi connectivity index (χ1) is 17.5. The predicted octanol–water partition coefficient (Wildman–Crippen LogP) is 5.35. The third-order valence-electron chi connectivity index (χ3n) is 6.14. The molecule has 0 radical (unpaired) electrons. The SMILES string of the molecule is COc1cc(C)c([C@@H](C)NC(=O)CN(c2ccc(OCc3ccccc3)cc2)S(C)(=O)=O)cc1C(C)C. The third kappa shape index (κ3) is 7.49. The second-order valence-corrected chi connectivity index (χ2v) is 11.3. The van der Waals surface area contributed by atoms with Crippen molar-refractivity contribution >= 4 is 21.6 Å². The first kappa shape index (κ1) is 28.1. The third-order valence-corrected chi connectivity index (χ3v) is 7.29. The minimum atomic E-state index is -3.70. The van der Waals surface area contributed by atoms with Gasteiger partial charge in [0.1, 0.15) is 24.7 Å². The van der Waals surface area contributed by atoms with Gasteiger partial charge in [-0.15, -0.1) is 0 Å². The topological polar surface area (TPSA) is 84.9 Å². The Kier molecular flexibility index (Phi) is 9.21. The maximum Gasteiger partial charge on any atom is 0.241 e. The molecule has 0 saturated heterocycles. The second-order valence-electron chi connectivity index (χ2n) is 9.43. The summed E-state index contributed by atoms with van der Waals surface area (Å²) in [5.74, 6) is 1.27. The fourth-order valence-corrected chi connectivity index (χ4v) is 5.01. The molecule has 0 fully saturated rings. The molecular formula is C29H36N2O5S. The molecule has 0 aliphatic rings. The van der Waals surface area contributed by atoms with E-state index in [9.17, 15) is 13.2 Å². The van der Waals surface area contributed by atoms with Crippen molar-refractivity contribution in [2.24, 2.45) is 0 Å². The summed E-state index contributed by atoms with van der Waals surface area (Å²) in [5, 5.41) is 2.95. The molecule has 0 heterocycles. The lowest BCUT2D eigenvalue weighted by Crippen LogP contribution is -2.41. The Morgan fingerprint density at radius 2 is 1.62 bits per heavy atom. The molecule has 0 saturated carbocycles. The van der Waals surface area contributed by atoms with Gasteiger partial charge in [-0.05, 0) is 78.4 Å². The quantitative estimate of drug-likeness (QED) is 0.366. The highest BCUT2D eigenvalue weighted by Gasteiger charge is 2.23.